The molecule has 0 radical (unpaired) electrons. The summed E-state index contributed by atoms with van der Waals surface area (Å²) in [5.41, 5.74) is 9.64. The van der Waals surface area contributed by atoms with Crippen LogP contribution >= 0.6 is 0 Å². The fourth-order valence-corrected chi connectivity index (χ4v) is 7.69. The van der Waals surface area contributed by atoms with E-state index in [4.69, 9.17) is 15.0 Å². The van der Waals surface area contributed by atoms with Gasteiger partial charge in [0.25, 0.3) is 0 Å². The van der Waals surface area contributed by atoms with E-state index in [2.05, 4.69) is 182 Å². The summed E-state index contributed by atoms with van der Waals surface area (Å²) in [6, 6.07) is 70.5. The van der Waals surface area contributed by atoms with E-state index in [9.17, 15) is 0 Å². The van der Waals surface area contributed by atoms with Crippen LogP contribution in [0.1, 0.15) is 0 Å². The minimum Gasteiger partial charge on any atom is -0.208 e. The Hall–Kier alpha value is -7.23. The minimum absolute atomic E-state index is 0.628. The number of hydrogen-bond donors (Lipinski definition) is 0. The Morgan fingerprint density at radius 3 is 1.57 bits per heavy atom. The molecule has 3 heteroatoms. The van der Waals surface area contributed by atoms with Gasteiger partial charge in [0.15, 0.2) is 17.5 Å². The lowest BCUT2D eigenvalue weighted by molar-refractivity contribution is 1.07. The molecule has 252 valence electrons. The standard InChI is InChI=1S/C51H33N3/c1-3-14-34(15-4-1)39-20-13-21-41(32-39)50-52-49(53-51(54-50)46-25-12-11-22-42(46)35-16-5-2-6-17-35)38-28-26-37(27-29-38)48-44-24-10-8-19-40(44)33-47-43-23-9-7-18-36(43)30-31-45(47)48/h1-33H. The van der Waals surface area contributed by atoms with Crippen LogP contribution in [0.5, 0.6) is 0 Å². The van der Waals surface area contributed by atoms with Gasteiger partial charge in [-0.05, 0) is 77.8 Å². The Morgan fingerprint density at radius 1 is 0.241 bits per heavy atom. The zero-order valence-electron chi connectivity index (χ0n) is 29.4. The van der Waals surface area contributed by atoms with Crippen molar-refractivity contribution in [2.75, 3.05) is 0 Å². The highest BCUT2D eigenvalue weighted by Gasteiger charge is 2.17. The number of aromatic nitrogens is 3. The number of fused-ring (bicyclic) bond motifs is 4. The van der Waals surface area contributed by atoms with Gasteiger partial charge in [-0.25, -0.2) is 15.0 Å². The Bertz CT molecular complexity index is 2970. The van der Waals surface area contributed by atoms with Crippen LogP contribution in [0, 0.1) is 0 Å². The lowest BCUT2D eigenvalue weighted by atomic mass is 9.89. The Morgan fingerprint density at radius 2 is 0.796 bits per heavy atom. The quantitative estimate of drug-likeness (QED) is 0.129. The van der Waals surface area contributed by atoms with Crippen molar-refractivity contribution < 1.29 is 0 Å². The maximum Gasteiger partial charge on any atom is 0.164 e. The van der Waals surface area contributed by atoms with E-state index in [0.29, 0.717) is 17.5 Å². The smallest absolute Gasteiger partial charge is 0.164 e. The molecular weight excluding hydrogens is 655 g/mol. The topological polar surface area (TPSA) is 38.7 Å². The molecule has 0 atom stereocenters. The third kappa shape index (κ3) is 5.69. The van der Waals surface area contributed by atoms with E-state index in [-0.39, 0.29) is 0 Å². The van der Waals surface area contributed by atoms with Crippen molar-refractivity contribution in [2.24, 2.45) is 0 Å². The average Bonchev–Trinajstić information content (AvgIpc) is 3.26. The molecule has 1 aromatic heterocycles. The first kappa shape index (κ1) is 31.5. The summed E-state index contributed by atoms with van der Waals surface area (Å²) in [6.07, 6.45) is 0. The number of hydrogen-bond acceptors (Lipinski definition) is 3. The highest BCUT2D eigenvalue weighted by molar-refractivity contribution is 6.20. The Labute approximate surface area is 313 Å². The van der Waals surface area contributed by atoms with E-state index in [1.165, 1.54) is 37.9 Å². The van der Waals surface area contributed by atoms with Crippen molar-refractivity contribution in [1.29, 1.82) is 0 Å². The molecular formula is C51H33N3. The molecule has 0 saturated carbocycles. The van der Waals surface area contributed by atoms with Gasteiger partial charge in [0.2, 0.25) is 0 Å². The second-order valence-corrected chi connectivity index (χ2v) is 13.6. The van der Waals surface area contributed by atoms with Gasteiger partial charge < -0.3 is 0 Å². The summed E-state index contributed by atoms with van der Waals surface area (Å²) in [5.74, 6) is 1.89. The largest absolute Gasteiger partial charge is 0.208 e. The normalized spacial score (nSPS) is 11.3. The zero-order chi connectivity index (χ0) is 35.8. The summed E-state index contributed by atoms with van der Waals surface area (Å²) >= 11 is 0. The molecule has 0 spiro atoms. The van der Waals surface area contributed by atoms with Crippen LogP contribution in [0.25, 0.3) is 99.9 Å². The molecule has 0 aliphatic rings. The second-order valence-electron chi connectivity index (χ2n) is 13.6. The van der Waals surface area contributed by atoms with E-state index in [0.717, 1.165) is 44.5 Å². The van der Waals surface area contributed by atoms with Crippen LogP contribution in [0.15, 0.2) is 200 Å². The predicted molar refractivity (Wildman–Crippen MR) is 225 cm³/mol. The Balaban J connectivity index is 1.14. The van der Waals surface area contributed by atoms with E-state index in [1.54, 1.807) is 0 Å². The van der Waals surface area contributed by atoms with Crippen LogP contribution in [0.3, 0.4) is 0 Å². The van der Waals surface area contributed by atoms with Crippen LogP contribution in [0.2, 0.25) is 0 Å². The van der Waals surface area contributed by atoms with Crippen molar-refractivity contribution in [2.45, 2.75) is 0 Å². The molecule has 0 aliphatic carbocycles. The van der Waals surface area contributed by atoms with Gasteiger partial charge in [-0.2, -0.15) is 0 Å². The van der Waals surface area contributed by atoms with Gasteiger partial charge in [0.1, 0.15) is 0 Å². The summed E-state index contributed by atoms with van der Waals surface area (Å²) in [5, 5.41) is 7.45. The van der Waals surface area contributed by atoms with Crippen molar-refractivity contribution >= 4 is 32.3 Å². The monoisotopic (exact) mass is 687 g/mol. The van der Waals surface area contributed by atoms with E-state index < -0.39 is 0 Å². The minimum atomic E-state index is 0.628. The lowest BCUT2D eigenvalue weighted by Gasteiger charge is -2.15. The molecule has 0 saturated heterocycles. The zero-order valence-corrected chi connectivity index (χ0v) is 29.4. The third-order valence-electron chi connectivity index (χ3n) is 10.3. The van der Waals surface area contributed by atoms with Gasteiger partial charge in [0, 0.05) is 16.7 Å². The van der Waals surface area contributed by atoms with Crippen LogP contribution in [-0.4, -0.2) is 15.0 Å². The van der Waals surface area contributed by atoms with Crippen LogP contribution < -0.4 is 0 Å². The average molecular weight is 688 g/mol. The van der Waals surface area contributed by atoms with Gasteiger partial charge in [-0.1, -0.05) is 188 Å². The first-order chi connectivity index (χ1) is 26.8. The van der Waals surface area contributed by atoms with Crippen molar-refractivity contribution in [1.82, 2.24) is 15.0 Å². The number of benzene rings is 9. The van der Waals surface area contributed by atoms with Crippen LogP contribution in [-0.2, 0) is 0 Å². The van der Waals surface area contributed by atoms with Crippen molar-refractivity contribution in [3.63, 3.8) is 0 Å². The molecule has 0 amide bonds. The third-order valence-corrected chi connectivity index (χ3v) is 10.3. The van der Waals surface area contributed by atoms with Crippen molar-refractivity contribution in [3.05, 3.63) is 200 Å². The fourth-order valence-electron chi connectivity index (χ4n) is 7.69. The molecule has 54 heavy (non-hydrogen) atoms. The molecule has 0 bridgehead atoms. The maximum atomic E-state index is 5.18. The van der Waals surface area contributed by atoms with Gasteiger partial charge >= 0.3 is 0 Å². The first-order valence-corrected chi connectivity index (χ1v) is 18.3. The maximum absolute atomic E-state index is 5.18. The summed E-state index contributed by atoms with van der Waals surface area (Å²) in [7, 11) is 0. The highest BCUT2D eigenvalue weighted by Crippen LogP contribution is 2.40. The molecule has 1 heterocycles. The fraction of sp³-hybridized carbons (Fsp3) is 0. The molecule has 3 nitrogen and oxygen atoms in total. The predicted octanol–water partition coefficient (Wildman–Crippen LogP) is 13.3. The summed E-state index contributed by atoms with van der Waals surface area (Å²) in [6.45, 7) is 0. The number of rotatable bonds is 6. The molecule has 0 N–H and O–H groups in total. The highest BCUT2D eigenvalue weighted by atomic mass is 15.0. The first-order valence-electron chi connectivity index (χ1n) is 18.3. The second kappa shape index (κ2) is 13.4. The van der Waals surface area contributed by atoms with Crippen molar-refractivity contribution in [3.8, 4) is 67.5 Å². The van der Waals surface area contributed by atoms with Gasteiger partial charge in [-0.15, -0.1) is 0 Å². The summed E-state index contributed by atoms with van der Waals surface area (Å²) in [4.78, 5) is 15.5. The molecule has 9 aromatic carbocycles. The SMILES string of the molecule is c1ccc(-c2cccc(-c3nc(-c4ccc(-c5c6ccccc6cc6c5ccc5ccccc56)cc4)nc(-c4ccccc4-c4ccccc4)n3)c2)cc1. The van der Waals surface area contributed by atoms with Gasteiger partial charge in [-0.3, -0.25) is 0 Å². The Kier molecular flexibility index (Phi) is 7.81. The van der Waals surface area contributed by atoms with E-state index >= 15 is 0 Å². The number of nitrogens with zero attached hydrogens (tertiary/aromatic N) is 3. The lowest BCUT2D eigenvalue weighted by Crippen LogP contribution is -2.01. The molecule has 0 fully saturated rings. The van der Waals surface area contributed by atoms with Crippen LogP contribution in [0.4, 0.5) is 0 Å². The molecule has 10 aromatic rings. The van der Waals surface area contributed by atoms with E-state index in [1.807, 2.05) is 18.2 Å². The molecule has 10 rings (SSSR count). The molecule has 0 unspecified atom stereocenters. The molecule has 0 aliphatic heterocycles. The summed E-state index contributed by atoms with van der Waals surface area (Å²) < 4.78 is 0. The van der Waals surface area contributed by atoms with Gasteiger partial charge in [0.05, 0.1) is 0 Å².